The summed E-state index contributed by atoms with van der Waals surface area (Å²) in [5, 5.41) is 13.6. The molecule has 0 unspecified atom stereocenters. The smallest absolute Gasteiger partial charge is 0.269 e. The number of nitrogens with zero attached hydrogens (tertiary/aromatic N) is 1. The Kier molecular flexibility index (Phi) is 2.97. The van der Waals surface area contributed by atoms with Crippen LogP contribution in [0.4, 0.5) is 5.69 Å². The van der Waals surface area contributed by atoms with Gasteiger partial charge in [0.1, 0.15) is 0 Å². The first-order valence-electron chi connectivity index (χ1n) is 6.69. The molecule has 0 aliphatic heterocycles. The van der Waals surface area contributed by atoms with Gasteiger partial charge in [0.2, 0.25) is 0 Å². The number of amides is 1. The summed E-state index contributed by atoms with van der Waals surface area (Å²) in [5.41, 5.74) is 0.504. The van der Waals surface area contributed by atoms with Crippen LogP contribution in [0.25, 0.3) is 0 Å². The zero-order valence-corrected chi connectivity index (χ0v) is 10.5. The Labute approximate surface area is 111 Å². The number of rotatable bonds is 3. The van der Waals surface area contributed by atoms with Crippen molar-refractivity contribution >= 4 is 11.6 Å². The van der Waals surface area contributed by atoms with E-state index in [1.54, 1.807) is 0 Å². The molecule has 1 aromatic carbocycles. The van der Waals surface area contributed by atoms with Crippen molar-refractivity contribution in [1.82, 2.24) is 5.32 Å². The quantitative estimate of drug-likeness (QED) is 0.670. The van der Waals surface area contributed by atoms with Crippen LogP contribution in [0.2, 0.25) is 0 Å². The summed E-state index contributed by atoms with van der Waals surface area (Å²) < 4.78 is 0. The average Bonchev–Trinajstić information content (AvgIpc) is 3.01. The Morgan fingerprint density at radius 3 is 2.47 bits per heavy atom. The van der Waals surface area contributed by atoms with Gasteiger partial charge in [-0.25, -0.2) is 0 Å². The van der Waals surface area contributed by atoms with E-state index in [2.05, 4.69) is 5.32 Å². The van der Waals surface area contributed by atoms with Crippen LogP contribution in [0.1, 0.15) is 36.0 Å². The first-order chi connectivity index (χ1) is 9.13. The molecule has 0 aromatic heterocycles. The van der Waals surface area contributed by atoms with Crippen LogP contribution in [0.3, 0.4) is 0 Å². The number of fused-ring (bicyclic) bond motifs is 2. The topological polar surface area (TPSA) is 72.2 Å². The first-order valence-corrected chi connectivity index (χ1v) is 6.69. The first kappa shape index (κ1) is 12.1. The van der Waals surface area contributed by atoms with E-state index in [1.165, 1.54) is 43.5 Å². The third-order valence-corrected chi connectivity index (χ3v) is 4.39. The van der Waals surface area contributed by atoms with Crippen molar-refractivity contribution < 1.29 is 9.72 Å². The van der Waals surface area contributed by atoms with Gasteiger partial charge in [0.25, 0.3) is 11.6 Å². The molecule has 0 radical (unpaired) electrons. The SMILES string of the molecule is O=C(N[C@@H]1C[C@@H]2CC[C@H]1C2)c1ccc([N+](=O)[O-])cc1. The molecule has 1 amide bonds. The molecule has 5 heteroatoms. The van der Waals surface area contributed by atoms with E-state index in [1.807, 2.05) is 0 Å². The van der Waals surface area contributed by atoms with Crippen LogP contribution >= 0.6 is 0 Å². The zero-order valence-electron chi connectivity index (χ0n) is 10.5. The third kappa shape index (κ3) is 2.32. The lowest BCUT2D eigenvalue weighted by molar-refractivity contribution is -0.384. The van der Waals surface area contributed by atoms with Gasteiger partial charge in [0.05, 0.1) is 4.92 Å². The normalized spacial score (nSPS) is 28.3. The Morgan fingerprint density at radius 1 is 1.21 bits per heavy atom. The van der Waals surface area contributed by atoms with E-state index in [0.717, 1.165) is 12.3 Å². The van der Waals surface area contributed by atoms with Crippen molar-refractivity contribution in [2.24, 2.45) is 11.8 Å². The second kappa shape index (κ2) is 4.64. The summed E-state index contributed by atoms with van der Waals surface area (Å²) in [4.78, 5) is 22.2. The van der Waals surface area contributed by atoms with Crippen molar-refractivity contribution in [2.75, 3.05) is 0 Å². The molecule has 2 bridgehead atoms. The third-order valence-electron chi connectivity index (χ3n) is 4.39. The lowest BCUT2D eigenvalue weighted by atomic mass is 9.95. The molecule has 2 fully saturated rings. The lowest BCUT2D eigenvalue weighted by Gasteiger charge is -2.22. The van der Waals surface area contributed by atoms with Crippen molar-refractivity contribution in [2.45, 2.75) is 31.7 Å². The number of hydrogen-bond acceptors (Lipinski definition) is 3. The molecule has 0 heterocycles. The molecule has 2 aliphatic rings. The molecule has 2 aliphatic carbocycles. The minimum Gasteiger partial charge on any atom is -0.349 e. The highest BCUT2D eigenvalue weighted by Gasteiger charge is 2.40. The fourth-order valence-electron chi connectivity index (χ4n) is 3.41. The highest BCUT2D eigenvalue weighted by Crippen LogP contribution is 2.44. The number of nitrogens with one attached hydrogen (secondary N) is 1. The largest absolute Gasteiger partial charge is 0.349 e. The van der Waals surface area contributed by atoms with E-state index in [9.17, 15) is 14.9 Å². The van der Waals surface area contributed by atoms with Gasteiger partial charge < -0.3 is 5.32 Å². The van der Waals surface area contributed by atoms with Gasteiger partial charge in [0, 0.05) is 23.7 Å². The number of nitro groups is 1. The van der Waals surface area contributed by atoms with Crippen LogP contribution in [0.15, 0.2) is 24.3 Å². The standard InChI is InChI=1S/C14H16N2O3/c17-14(10-3-5-12(6-4-10)16(18)19)15-13-8-9-1-2-11(13)7-9/h3-6,9,11,13H,1-2,7-8H2,(H,15,17)/t9-,11+,13-/m1/s1. The predicted octanol–water partition coefficient (Wildman–Crippen LogP) is 2.51. The minimum atomic E-state index is -0.461. The summed E-state index contributed by atoms with van der Waals surface area (Å²) in [6, 6.07) is 6.06. The fraction of sp³-hybridized carbons (Fsp3) is 0.500. The maximum atomic E-state index is 12.1. The molecular weight excluding hydrogens is 244 g/mol. The second-order valence-corrected chi connectivity index (χ2v) is 5.56. The van der Waals surface area contributed by atoms with Gasteiger partial charge in [-0.2, -0.15) is 0 Å². The summed E-state index contributed by atoms with van der Waals surface area (Å²) >= 11 is 0. The number of nitro benzene ring substituents is 1. The highest BCUT2D eigenvalue weighted by molar-refractivity contribution is 5.94. The van der Waals surface area contributed by atoms with Crippen LogP contribution in [-0.4, -0.2) is 16.9 Å². The van der Waals surface area contributed by atoms with Crippen molar-refractivity contribution in [3.63, 3.8) is 0 Å². The molecule has 1 aromatic rings. The molecule has 2 saturated carbocycles. The Bertz CT molecular complexity index is 512. The second-order valence-electron chi connectivity index (χ2n) is 5.56. The summed E-state index contributed by atoms with van der Waals surface area (Å²) in [6.45, 7) is 0. The Hall–Kier alpha value is -1.91. The number of benzene rings is 1. The molecule has 0 spiro atoms. The summed E-state index contributed by atoms with van der Waals surface area (Å²) in [5.74, 6) is 1.30. The van der Waals surface area contributed by atoms with Crippen LogP contribution in [0, 0.1) is 22.0 Å². The van der Waals surface area contributed by atoms with Gasteiger partial charge in [-0.1, -0.05) is 6.42 Å². The van der Waals surface area contributed by atoms with Crippen LogP contribution in [0.5, 0.6) is 0 Å². The molecule has 100 valence electrons. The maximum absolute atomic E-state index is 12.1. The molecule has 3 atom stereocenters. The van der Waals surface area contributed by atoms with E-state index >= 15 is 0 Å². The molecule has 1 N–H and O–H groups in total. The lowest BCUT2D eigenvalue weighted by Crippen LogP contribution is -2.38. The van der Waals surface area contributed by atoms with Crippen molar-refractivity contribution in [3.05, 3.63) is 39.9 Å². The van der Waals surface area contributed by atoms with Gasteiger partial charge in [-0.3, -0.25) is 14.9 Å². The van der Waals surface area contributed by atoms with Gasteiger partial charge >= 0.3 is 0 Å². The fourth-order valence-corrected chi connectivity index (χ4v) is 3.41. The van der Waals surface area contributed by atoms with Gasteiger partial charge in [-0.05, 0) is 43.2 Å². The Balaban J connectivity index is 1.65. The monoisotopic (exact) mass is 260 g/mol. The van der Waals surface area contributed by atoms with Gasteiger partial charge in [0.15, 0.2) is 0 Å². The van der Waals surface area contributed by atoms with Gasteiger partial charge in [-0.15, -0.1) is 0 Å². The summed E-state index contributed by atoms with van der Waals surface area (Å²) in [6.07, 6.45) is 4.85. The highest BCUT2D eigenvalue weighted by atomic mass is 16.6. The van der Waals surface area contributed by atoms with Crippen LogP contribution in [-0.2, 0) is 0 Å². The number of carbonyl (C=O) groups is 1. The van der Waals surface area contributed by atoms with E-state index in [-0.39, 0.29) is 11.6 Å². The van der Waals surface area contributed by atoms with E-state index < -0.39 is 4.92 Å². The number of hydrogen-bond donors (Lipinski definition) is 1. The molecule has 5 nitrogen and oxygen atoms in total. The molecule has 3 rings (SSSR count). The molecular formula is C14H16N2O3. The predicted molar refractivity (Wildman–Crippen MR) is 69.8 cm³/mol. The maximum Gasteiger partial charge on any atom is 0.269 e. The Morgan fingerprint density at radius 2 is 1.95 bits per heavy atom. The molecule has 19 heavy (non-hydrogen) atoms. The summed E-state index contributed by atoms with van der Waals surface area (Å²) in [7, 11) is 0. The van der Waals surface area contributed by atoms with E-state index in [4.69, 9.17) is 0 Å². The van der Waals surface area contributed by atoms with Crippen LogP contribution < -0.4 is 5.32 Å². The van der Waals surface area contributed by atoms with Crippen molar-refractivity contribution in [1.29, 1.82) is 0 Å². The minimum absolute atomic E-state index is 0.0106. The van der Waals surface area contributed by atoms with Crippen molar-refractivity contribution in [3.8, 4) is 0 Å². The average molecular weight is 260 g/mol. The molecule has 0 saturated heterocycles. The van der Waals surface area contributed by atoms with E-state index in [0.29, 0.717) is 17.5 Å². The number of non-ortho nitro benzene ring substituents is 1. The zero-order chi connectivity index (χ0) is 13.4. The number of carbonyl (C=O) groups excluding carboxylic acids is 1.